The summed E-state index contributed by atoms with van der Waals surface area (Å²) >= 11 is 3.50. The van der Waals surface area contributed by atoms with E-state index in [0.717, 1.165) is 35.0 Å². The Hall–Kier alpha value is -2.87. The molecule has 1 aliphatic rings. The minimum atomic E-state index is -0.898. The number of nitrogens with zero attached hydrogens (tertiary/aromatic N) is 1. The first kappa shape index (κ1) is 27.2. The maximum atomic E-state index is 11.6. The number of amides is 1. The van der Waals surface area contributed by atoms with Crippen LogP contribution in [0, 0.1) is 0 Å². The van der Waals surface area contributed by atoms with E-state index in [4.69, 9.17) is 14.2 Å². The second kappa shape index (κ2) is 14.2. The second-order valence-electron chi connectivity index (χ2n) is 9.24. The Morgan fingerprint density at radius 3 is 2.43 bits per heavy atom. The highest BCUT2D eigenvalue weighted by Gasteiger charge is 2.33. The third kappa shape index (κ3) is 8.32. The fraction of sp³-hybridized carbons (Fsp3) is 0.367. The zero-order chi connectivity index (χ0) is 25.9. The van der Waals surface area contributed by atoms with Crippen LogP contribution in [-0.2, 0) is 28.0 Å². The molecule has 1 heterocycles. The van der Waals surface area contributed by atoms with Crippen molar-refractivity contribution in [3.8, 4) is 5.75 Å². The molecule has 0 spiro atoms. The summed E-state index contributed by atoms with van der Waals surface area (Å²) in [6.07, 6.45) is 0.419. The normalized spacial score (nSPS) is 17.5. The Balaban J connectivity index is 1.28. The topological polar surface area (TPSA) is 68.2 Å². The summed E-state index contributed by atoms with van der Waals surface area (Å²) in [4.78, 5) is 13.1. The first-order chi connectivity index (χ1) is 18.1. The Bertz CT molecular complexity index is 1110. The summed E-state index contributed by atoms with van der Waals surface area (Å²) in [6.45, 7) is 3.15. The zero-order valence-electron chi connectivity index (χ0n) is 20.9. The van der Waals surface area contributed by atoms with Gasteiger partial charge >= 0.3 is 6.09 Å². The third-order valence-electron chi connectivity index (χ3n) is 6.56. The van der Waals surface area contributed by atoms with Gasteiger partial charge in [-0.15, -0.1) is 0 Å². The molecule has 1 N–H and O–H groups in total. The molecule has 196 valence electrons. The predicted octanol–water partition coefficient (Wildman–Crippen LogP) is 6.62. The minimum absolute atomic E-state index is 0.121. The van der Waals surface area contributed by atoms with E-state index in [0.29, 0.717) is 39.5 Å². The quantitative estimate of drug-likeness (QED) is 0.197. The van der Waals surface area contributed by atoms with Crippen LogP contribution in [0.2, 0.25) is 0 Å². The highest BCUT2D eigenvalue weighted by atomic mass is 79.9. The number of hydrogen-bond donors (Lipinski definition) is 1. The van der Waals surface area contributed by atoms with E-state index in [-0.39, 0.29) is 12.0 Å². The summed E-state index contributed by atoms with van der Waals surface area (Å²) in [5.41, 5.74) is 4.58. The molecule has 37 heavy (non-hydrogen) atoms. The van der Waals surface area contributed by atoms with Gasteiger partial charge in [-0.2, -0.15) is 0 Å². The SMILES string of the molecule is O=C(O)N1CCC(c2ccc(OCCCOCc3ccccc3)cc2)C(OCc2cccc(CBr)c2)C1. The minimum Gasteiger partial charge on any atom is -0.494 e. The van der Waals surface area contributed by atoms with Crippen LogP contribution >= 0.6 is 15.9 Å². The number of piperidine rings is 1. The summed E-state index contributed by atoms with van der Waals surface area (Å²) in [7, 11) is 0. The van der Waals surface area contributed by atoms with Crippen molar-refractivity contribution in [2.24, 2.45) is 0 Å². The van der Waals surface area contributed by atoms with Crippen LogP contribution in [0.25, 0.3) is 0 Å². The van der Waals surface area contributed by atoms with Crippen LogP contribution in [0.3, 0.4) is 0 Å². The average molecular weight is 569 g/mol. The number of benzene rings is 3. The van der Waals surface area contributed by atoms with Crippen molar-refractivity contribution in [2.45, 2.75) is 43.4 Å². The fourth-order valence-corrected chi connectivity index (χ4v) is 4.92. The Kier molecular flexibility index (Phi) is 10.4. The highest BCUT2D eigenvalue weighted by molar-refractivity contribution is 9.08. The Morgan fingerprint density at radius 2 is 1.68 bits per heavy atom. The van der Waals surface area contributed by atoms with Crippen LogP contribution in [0.1, 0.15) is 41.0 Å². The van der Waals surface area contributed by atoms with E-state index in [2.05, 4.69) is 52.3 Å². The van der Waals surface area contributed by atoms with Crippen molar-refractivity contribution < 1.29 is 24.1 Å². The van der Waals surface area contributed by atoms with Gasteiger partial charge in [0.25, 0.3) is 0 Å². The molecule has 0 radical (unpaired) electrons. The lowest BCUT2D eigenvalue weighted by Crippen LogP contribution is -2.46. The molecule has 6 nitrogen and oxygen atoms in total. The third-order valence-corrected chi connectivity index (χ3v) is 7.21. The largest absolute Gasteiger partial charge is 0.494 e. The van der Waals surface area contributed by atoms with Gasteiger partial charge in [0.2, 0.25) is 0 Å². The molecule has 1 fully saturated rings. The van der Waals surface area contributed by atoms with Crippen molar-refractivity contribution in [3.05, 3.63) is 101 Å². The first-order valence-corrected chi connectivity index (χ1v) is 13.8. The standard InChI is InChI=1S/C30H34BrNO5/c31-19-24-8-4-9-25(18-24)22-37-29-20-32(30(33)34)15-14-28(29)26-10-12-27(13-11-26)36-17-5-16-35-21-23-6-2-1-3-7-23/h1-4,6-13,18,28-29H,5,14-17,19-22H2,(H,33,34). The number of carboxylic acid groups (broad SMARTS) is 1. The molecule has 7 heteroatoms. The number of alkyl halides is 1. The summed E-state index contributed by atoms with van der Waals surface area (Å²) in [5, 5.41) is 10.3. The fourth-order valence-electron chi connectivity index (χ4n) is 4.57. The molecule has 0 aromatic heterocycles. The van der Waals surface area contributed by atoms with E-state index in [9.17, 15) is 9.90 Å². The molecular formula is C30H34BrNO5. The van der Waals surface area contributed by atoms with Crippen molar-refractivity contribution in [2.75, 3.05) is 26.3 Å². The molecule has 2 atom stereocenters. The zero-order valence-corrected chi connectivity index (χ0v) is 22.5. The predicted molar refractivity (Wildman–Crippen MR) is 147 cm³/mol. The van der Waals surface area contributed by atoms with Crippen LogP contribution < -0.4 is 4.74 Å². The monoisotopic (exact) mass is 567 g/mol. The van der Waals surface area contributed by atoms with Gasteiger partial charge in [-0.3, -0.25) is 0 Å². The van der Waals surface area contributed by atoms with E-state index < -0.39 is 6.09 Å². The first-order valence-electron chi connectivity index (χ1n) is 12.7. The van der Waals surface area contributed by atoms with Crippen molar-refractivity contribution in [1.82, 2.24) is 4.90 Å². The number of rotatable bonds is 12. The lowest BCUT2D eigenvalue weighted by Gasteiger charge is -2.37. The summed E-state index contributed by atoms with van der Waals surface area (Å²) in [6, 6.07) is 26.5. The van der Waals surface area contributed by atoms with E-state index in [1.165, 1.54) is 16.0 Å². The van der Waals surface area contributed by atoms with Crippen LogP contribution in [0.15, 0.2) is 78.9 Å². The molecule has 2 unspecified atom stereocenters. The number of ether oxygens (including phenoxy) is 3. The molecule has 4 rings (SSSR count). The smallest absolute Gasteiger partial charge is 0.407 e. The van der Waals surface area contributed by atoms with Crippen LogP contribution in [-0.4, -0.2) is 48.5 Å². The molecule has 0 aliphatic carbocycles. The lowest BCUT2D eigenvalue weighted by molar-refractivity contribution is -0.0199. The second-order valence-corrected chi connectivity index (χ2v) is 9.80. The van der Waals surface area contributed by atoms with Gasteiger partial charge in [-0.05, 0) is 40.8 Å². The molecule has 1 aliphatic heterocycles. The van der Waals surface area contributed by atoms with Crippen molar-refractivity contribution in [1.29, 1.82) is 0 Å². The average Bonchev–Trinajstić information content (AvgIpc) is 2.94. The molecule has 0 bridgehead atoms. The van der Waals surface area contributed by atoms with E-state index >= 15 is 0 Å². The summed E-state index contributed by atoms with van der Waals surface area (Å²) < 4.78 is 17.9. The van der Waals surface area contributed by atoms with Gasteiger partial charge in [-0.1, -0.05) is 82.7 Å². The Labute approximate surface area is 227 Å². The van der Waals surface area contributed by atoms with Gasteiger partial charge < -0.3 is 24.2 Å². The van der Waals surface area contributed by atoms with E-state index in [1.54, 1.807) is 0 Å². The summed E-state index contributed by atoms with van der Waals surface area (Å²) in [5.74, 6) is 0.939. The number of hydrogen-bond acceptors (Lipinski definition) is 4. The molecule has 0 saturated carbocycles. The number of likely N-dealkylation sites (tertiary alicyclic amines) is 1. The number of halogens is 1. The van der Waals surface area contributed by atoms with Gasteiger partial charge in [0.1, 0.15) is 5.75 Å². The highest BCUT2D eigenvalue weighted by Crippen LogP contribution is 2.32. The maximum Gasteiger partial charge on any atom is 0.407 e. The number of carbonyl (C=O) groups is 1. The molecule has 1 amide bonds. The van der Waals surface area contributed by atoms with Crippen LogP contribution in [0.4, 0.5) is 4.79 Å². The Morgan fingerprint density at radius 1 is 0.919 bits per heavy atom. The van der Waals surface area contributed by atoms with E-state index in [1.807, 2.05) is 42.5 Å². The van der Waals surface area contributed by atoms with Gasteiger partial charge in [0.15, 0.2) is 0 Å². The molecule has 3 aromatic rings. The van der Waals surface area contributed by atoms with Gasteiger partial charge in [0.05, 0.1) is 39.1 Å². The molecule has 3 aromatic carbocycles. The van der Waals surface area contributed by atoms with Crippen molar-refractivity contribution >= 4 is 22.0 Å². The van der Waals surface area contributed by atoms with Crippen molar-refractivity contribution in [3.63, 3.8) is 0 Å². The van der Waals surface area contributed by atoms with Gasteiger partial charge in [-0.25, -0.2) is 4.79 Å². The van der Waals surface area contributed by atoms with Gasteiger partial charge in [0, 0.05) is 24.2 Å². The van der Waals surface area contributed by atoms with Crippen LogP contribution in [0.5, 0.6) is 5.75 Å². The lowest BCUT2D eigenvalue weighted by atomic mass is 9.87. The molecule has 1 saturated heterocycles. The maximum absolute atomic E-state index is 11.6. The molecular weight excluding hydrogens is 534 g/mol.